The Balaban J connectivity index is 1.06. The van der Waals surface area contributed by atoms with Crippen molar-refractivity contribution in [2.24, 2.45) is 4.99 Å². The van der Waals surface area contributed by atoms with Crippen LogP contribution in [0.2, 0.25) is 10.0 Å². The zero-order valence-electron chi connectivity index (χ0n) is 35.2. The number of aromatic nitrogens is 2. The molecule has 3 heterocycles. The number of rotatable bonds is 22. The Labute approximate surface area is 380 Å². The molecular formula is C49H47Cl2N5O8. The molecule has 330 valence electrons. The Morgan fingerprint density at radius 3 is 1.83 bits per heavy atom. The zero-order chi connectivity index (χ0) is 45.2. The number of ether oxygens (including phenoxy) is 4. The van der Waals surface area contributed by atoms with Gasteiger partial charge >= 0.3 is 5.97 Å². The lowest BCUT2D eigenvalue weighted by Crippen LogP contribution is -2.37. The van der Waals surface area contributed by atoms with Crippen molar-refractivity contribution in [1.82, 2.24) is 15.3 Å². The smallest absolute Gasteiger partial charge is 0.320 e. The summed E-state index contributed by atoms with van der Waals surface area (Å²) in [6, 6.07) is 21.6. The van der Waals surface area contributed by atoms with Crippen molar-refractivity contribution < 1.29 is 39.1 Å². The summed E-state index contributed by atoms with van der Waals surface area (Å²) in [6.07, 6.45) is 7.97. The molecule has 0 aliphatic carbocycles. The molecule has 1 aliphatic heterocycles. The summed E-state index contributed by atoms with van der Waals surface area (Å²) in [4.78, 5) is 24.5. The number of carboxylic acid groups (broad SMARTS) is 1. The first kappa shape index (κ1) is 45.7. The molecule has 0 radical (unpaired) electrons. The highest BCUT2D eigenvalue weighted by Gasteiger charge is 2.20. The normalized spacial score (nSPS) is 12.3. The van der Waals surface area contributed by atoms with E-state index >= 15 is 0 Å². The summed E-state index contributed by atoms with van der Waals surface area (Å²) >= 11 is 13.4. The summed E-state index contributed by atoms with van der Waals surface area (Å²) in [7, 11) is 0. The number of hydrogen-bond acceptors (Lipinski definition) is 12. The Morgan fingerprint density at radius 1 is 0.734 bits per heavy atom. The Hall–Kier alpha value is -6.35. The number of hydrogen-bond donors (Lipinski definition) is 5. The van der Waals surface area contributed by atoms with Gasteiger partial charge in [0.1, 0.15) is 55.5 Å². The number of aliphatic carboxylic acids is 1. The van der Waals surface area contributed by atoms with Crippen molar-refractivity contribution in [2.45, 2.75) is 65.9 Å². The number of carboxylic acids is 1. The highest BCUT2D eigenvalue weighted by molar-refractivity contribution is 6.32. The van der Waals surface area contributed by atoms with Crippen LogP contribution in [0, 0.1) is 19.3 Å². The van der Waals surface area contributed by atoms with Gasteiger partial charge in [-0.15, -0.1) is 0 Å². The monoisotopic (exact) mass is 903 g/mol. The second kappa shape index (κ2) is 21.3. The molecule has 0 fully saturated rings. The molecular weight excluding hydrogens is 857 g/mol. The van der Waals surface area contributed by atoms with E-state index < -0.39 is 12.0 Å². The molecule has 0 saturated heterocycles. The van der Waals surface area contributed by atoms with Gasteiger partial charge in [-0.3, -0.25) is 19.8 Å². The van der Waals surface area contributed by atoms with Gasteiger partial charge in [0.05, 0.1) is 28.9 Å². The van der Waals surface area contributed by atoms with E-state index in [1.165, 1.54) is 6.21 Å². The van der Waals surface area contributed by atoms with Gasteiger partial charge in [-0.2, -0.15) is 0 Å². The van der Waals surface area contributed by atoms with Crippen LogP contribution >= 0.6 is 23.2 Å². The van der Waals surface area contributed by atoms with Crippen LogP contribution in [0.1, 0.15) is 62.1 Å². The maximum absolute atomic E-state index is 11.8. The number of aliphatic hydroxyl groups is 2. The molecule has 4 aromatic carbocycles. The molecule has 5 N–H and O–H groups in total. The van der Waals surface area contributed by atoms with Crippen molar-refractivity contribution in [3.8, 4) is 34.1 Å². The molecule has 0 amide bonds. The van der Waals surface area contributed by atoms with Gasteiger partial charge in [-0.05, 0) is 77.9 Å². The number of nitrogens with one attached hydrogen (secondary N) is 2. The second-order valence-corrected chi connectivity index (χ2v) is 16.0. The molecule has 0 spiro atoms. The van der Waals surface area contributed by atoms with Crippen LogP contribution in [0.15, 0.2) is 103 Å². The zero-order valence-corrected chi connectivity index (χ0v) is 36.7. The van der Waals surface area contributed by atoms with Crippen LogP contribution < -0.4 is 24.3 Å². The van der Waals surface area contributed by atoms with E-state index in [4.69, 9.17) is 47.6 Å². The van der Waals surface area contributed by atoms with Gasteiger partial charge in [-0.1, -0.05) is 59.6 Å². The minimum atomic E-state index is -1.09. The lowest BCUT2D eigenvalue weighted by Gasteiger charge is -2.19. The van der Waals surface area contributed by atoms with Crippen LogP contribution in [0.4, 0.5) is 0 Å². The van der Waals surface area contributed by atoms with Crippen molar-refractivity contribution in [3.05, 3.63) is 163 Å². The largest absolute Gasteiger partial charge is 0.488 e. The first-order chi connectivity index (χ1) is 31.0. The van der Waals surface area contributed by atoms with Crippen molar-refractivity contribution in [3.63, 3.8) is 0 Å². The fourth-order valence-corrected chi connectivity index (χ4v) is 7.57. The van der Waals surface area contributed by atoms with Gasteiger partial charge in [0.25, 0.3) is 0 Å². The molecule has 0 unspecified atom stereocenters. The second-order valence-electron chi connectivity index (χ2n) is 15.2. The van der Waals surface area contributed by atoms with E-state index in [1.807, 2.05) is 37.3 Å². The lowest BCUT2D eigenvalue weighted by atomic mass is 9.92. The number of halogens is 2. The predicted octanol–water partition coefficient (Wildman–Crippen LogP) is 8.60. The van der Waals surface area contributed by atoms with Gasteiger partial charge in [0.2, 0.25) is 0 Å². The summed E-state index contributed by atoms with van der Waals surface area (Å²) in [5, 5.41) is 40.3. The fourth-order valence-electron chi connectivity index (χ4n) is 7.09. The third-order valence-corrected chi connectivity index (χ3v) is 11.4. The van der Waals surface area contributed by atoms with Crippen molar-refractivity contribution >= 4 is 41.1 Å². The van der Waals surface area contributed by atoms with E-state index in [0.717, 1.165) is 62.3 Å². The number of pyridine rings is 2. The topological polar surface area (TPSA) is 189 Å². The summed E-state index contributed by atoms with van der Waals surface area (Å²) in [5.74, 6) is 0.575. The van der Waals surface area contributed by atoms with Crippen LogP contribution in [-0.2, 0) is 44.4 Å². The summed E-state index contributed by atoms with van der Waals surface area (Å²) in [6.45, 7) is 5.14. The SMILES string of the molecule is Cc1c(COc2cc(OCc3cncc(C4=NC4)c3)c(CO)cc2Cl)cccc1-c1cccc(COc2cc(OCc3cncc(C=N)c3)c(CN[C@H](CCO)C(=O)O)cc2Cl)c1C. The van der Waals surface area contributed by atoms with Crippen LogP contribution in [0.3, 0.4) is 0 Å². The third kappa shape index (κ3) is 11.4. The van der Waals surface area contributed by atoms with E-state index in [0.29, 0.717) is 49.7 Å². The van der Waals surface area contributed by atoms with Crippen molar-refractivity contribution in [2.75, 3.05) is 13.2 Å². The standard InChI is InChI=1S/C49H47Cl2N5O8/c1-29-34(27-63-47-15-45(61-25-32-11-31(17-52)18-53-19-32)37(13-41(47)50)22-55-43(9-10-57)49(59)60)5-3-7-39(29)40-8-4-6-35(30(40)2)28-64-48-16-46(38(24-58)14-42(48)51)62-26-33-12-36(21-54-20-33)44-23-56-44/h3-8,11-21,43,52,55,57-58H,9-10,22-28H2,1-2H3,(H,59,60)/t43-/m1/s1. The predicted molar refractivity (Wildman–Crippen MR) is 245 cm³/mol. The van der Waals surface area contributed by atoms with Gasteiger partial charge in [0, 0.05) is 89.7 Å². The van der Waals surface area contributed by atoms with Crippen LogP contribution in [0.5, 0.6) is 23.0 Å². The Bertz CT molecular complexity index is 2690. The van der Waals surface area contributed by atoms with Crippen LogP contribution in [0.25, 0.3) is 11.1 Å². The number of aliphatic hydroxyl groups excluding tert-OH is 2. The molecule has 15 heteroatoms. The number of aliphatic imine (C=N–C) groups is 1. The first-order valence-corrected chi connectivity index (χ1v) is 21.2. The van der Waals surface area contributed by atoms with E-state index in [-0.39, 0.29) is 52.6 Å². The summed E-state index contributed by atoms with van der Waals surface area (Å²) in [5.41, 5.74) is 11.3. The lowest BCUT2D eigenvalue weighted by molar-refractivity contribution is -0.140. The Morgan fingerprint density at radius 2 is 1.28 bits per heavy atom. The molecule has 6 aromatic rings. The third-order valence-electron chi connectivity index (χ3n) is 10.8. The highest BCUT2D eigenvalue weighted by atomic mass is 35.5. The molecule has 64 heavy (non-hydrogen) atoms. The van der Waals surface area contributed by atoms with E-state index in [9.17, 15) is 20.1 Å². The van der Waals surface area contributed by atoms with E-state index in [1.54, 1.807) is 55.1 Å². The number of nitrogens with zero attached hydrogens (tertiary/aromatic N) is 3. The number of benzene rings is 4. The molecule has 0 saturated carbocycles. The molecule has 7 rings (SSSR count). The molecule has 2 aromatic heterocycles. The quantitative estimate of drug-likeness (QED) is 0.0411. The van der Waals surface area contributed by atoms with Crippen LogP contribution in [-0.4, -0.2) is 62.4 Å². The molecule has 1 atom stereocenters. The number of carbonyl (C=O) groups is 1. The average Bonchev–Trinajstić information content (AvgIpc) is 4.16. The Kier molecular flexibility index (Phi) is 15.2. The van der Waals surface area contributed by atoms with E-state index in [2.05, 4.69) is 39.3 Å². The average molecular weight is 905 g/mol. The first-order valence-electron chi connectivity index (χ1n) is 20.5. The maximum atomic E-state index is 11.8. The van der Waals surface area contributed by atoms with Gasteiger partial charge < -0.3 is 45.0 Å². The maximum Gasteiger partial charge on any atom is 0.320 e. The summed E-state index contributed by atoms with van der Waals surface area (Å²) < 4.78 is 25.0. The van der Waals surface area contributed by atoms with Gasteiger partial charge in [-0.25, -0.2) is 0 Å². The molecule has 13 nitrogen and oxygen atoms in total. The molecule has 0 bridgehead atoms. The highest BCUT2D eigenvalue weighted by Crippen LogP contribution is 2.37. The minimum Gasteiger partial charge on any atom is -0.488 e. The molecule has 1 aliphatic rings. The van der Waals surface area contributed by atoms with Gasteiger partial charge in [0.15, 0.2) is 0 Å². The van der Waals surface area contributed by atoms with Crippen molar-refractivity contribution in [1.29, 1.82) is 5.41 Å². The minimum absolute atomic E-state index is 0.0251. The fraction of sp³-hybridized carbons (Fsp3) is 0.245.